The van der Waals surface area contributed by atoms with Crippen LogP contribution in [0.2, 0.25) is 0 Å². The van der Waals surface area contributed by atoms with Crippen molar-refractivity contribution in [1.82, 2.24) is 10.6 Å². The molecule has 3 amide bonds. The molecular weight excluding hydrogens is 316 g/mol. The largest absolute Gasteiger partial charge is 0.328 e. The van der Waals surface area contributed by atoms with Crippen LogP contribution in [0.1, 0.15) is 24.8 Å². The summed E-state index contributed by atoms with van der Waals surface area (Å²) in [5, 5.41) is 5.27. The number of halogens is 2. The van der Waals surface area contributed by atoms with Crippen LogP contribution >= 0.6 is 0 Å². The number of carbonyl (C=O) groups excluding carboxylic acids is 2. The van der Waals surface area contributed by atoms with Crippen molar-refractivity contribution in [2.45, 2.75) is 19.3 Å². The van der Waals surface area contributed by atoms with E-state index in [9.17, 15) is 18.4 Å². The van der Waals surface area contributed by atoms with Crippen molar-refractivity contribution in [1.29, 1.82) is 0 Å². The number of amides is 3. The summed E-state index contributed by atoms with van der Waals surface area (Å²) in [5.41, 5.74) is -0.215. The second-order valence-corrected chi connectivity index (χ2v) is 5.84. The summed E-state index contributed by atoms with van der Waals surface area (Å²) >= 11 is 0. The molecule has 24 heavy (non-hydrogen) atoms. The molecule has 2 heterocycles. The molecule has 2 aliphatic heterocycles. The fourth-order valence-electron chi connectivity index (χ4n) is 2.82. The van der Waals surface area contributed by atoms with Crippen LogP contribution in [-0.4, -0.2) is 31.6 Å². The Morgan fingerprint density at radius 2 is 1.79 bits per heavy atom. The fourth-order valence-corrected chi connectivity index (χ4v) is 2.82. The highest BCUT2D eigenvalue weighted by atomic mass is 19.1. The Hall–Kier alpha value is -2.46. The maximum Gasteiger partial charge on any atom is 0.328 e. The molecule has 126 valence electrons. The number of carbonyl (C=O) groups is 2. The van der Waals surface area contributed by atoms with Crippen LogP contribution in [0.15, 0.2) is 12.1 Å². The summed E-state index contributed by atoms with van der Waals surface area (Å²) in [6.07, 6.45) is 1.83. The van der Waals surface area contributed by atoms with E-state index in [2.05, 4.69) is 17.2 Å². The van der Waals surface area contributed by atoms with E-state index in [1.54, 1.807) is 0 Å². The van der Waals surface area contributed by atoms with E-state index in [4.69, 9.17) is 0 Å². The summed E-state index contributed by atoms with van der Waals surface area (Å²) in [4.78, 5) is 23.8. The minimum absolute atomic E-state index is 0.00188. The lowest BCUT2D eigenvalue weighted by Crippen LogP contribution is -2.50. The minimum Gasteiger partial charge on any atom is -0.317 e. The standard InChI is InChI=1S/C17H17F2N3O2/c18-13-9-12(2-1-11-3-6-20-7-4-11)10-14(19)16(13)22-8-5-15(23)21-17(22)24/h9-11,20H,3-8H2,(H,21,23,24). The van der Waals surface area contributed by atoms with E-state index in [0.717, 1.165) is 43.0 Å². The average molecular weight is 333 g/mol. The van der Waals surface area contributed by atoms with Gasteiger partial charge in [0.15, 0.2) is 11.6 Å². The number of hydrogen-bond donors (Lipinski definition) is 2. The smallest absolute Gasteiger partial charge is 0.317 e. The van der Waals surface area contributed by atoms with E-state index in [1.165, 1.54) is 0 Å². The minimum atomic E-state index is -0.867. The predicted molar refractivity (Wildman–Crippen MR) is 84.3 cm³/mol. The first kappa shape index (κ1) is 16.4. The van der Waals surface area contributed by atoms with Gasteiger partial charge >= 0.3 is 6.03 Å². The molecule has 0 spiro atoms. The van der Waals surface area contributed by atoms with Gasteiger partial charge in [-0.3, -0.25) is 15.0 Å². The number of hydrogen-bond acceptors (Lipinski definition) is 3. The summed E-state index contributed by atoms with van der Waals surface area (Å²) < 4.78 is 28.6. The van der Waals surface area contributed by atoms with Gasteiger partial charge in [0, 0.05) is 24.4 Å². The lowest BCUT2D eigenvalue weighted by molar-refractivity contribution is -0.120. The van der Waals surface area contributed by atoms with Crippen molar-refractivity contribution in [3.8, 4) is 11.8 Å². The van der Waals surface area contributed by atoms with Crippen molar-refractivity contribution in [3.63, 3.8) is 0 Å². The molecule has 2 N–H and O–H groups in total. The highest BCUT2D eigenvalue weighted by Crippen LogP contribution is 2.26. The second kappa shape index (κ2) is 6.97. The first-order valence-corrected chi connectivity index (χ1v) is 7.87. The molecule has 0 atom stereocenters. The second-order valence-electron chi connectivity index (χ2n) is 5.84. The molecule has 0 unspecified atom stereocenters. The van der Waals surface area contributed by atoms with E-state index < -0.39 is 29.3 Å². The topological polar surface area (TPSA) is 61.4 Å². The number of urea groups is 1. The molecule has 7 heteroatoms. The Morgan fingerprint density at radius 1 is 1.12 bits per heavy atom. The summed E-state index contributed by atoms with van der Waals surface area (Å²) in [6, 6.07) is 1.42. The van der Waals surface area contributed by atoms with E-state index in [1.807, 2.05) is 5.32 Å². The van der Waals surface area contributed by atoms with Crippen molar-refractivity contribution in [2.24, 2.45) is 5.92 Å². The maximum absolute atomic E-state index is 14.3. The molecule has 0 saturated carbocycles. The fraction of sp³-hybridized carbons (Fsp3) is 0.412. The average Bonchev–Trinajstić information content (AvgIpc) is 2.55. The van der Waals surface area contributed by atoms with Gasteiger partial charge in [-0.25, -0.2) is 13.6 Å². The van der Waals surface area contributed by atoms with Crippen LogP contribution in [0.4, 0.5) is 19.3 Å². The Balaban J connectivity index is 1.82. The number of benzene rings is 1. The van der Waals surface area contributed by atoms with Crippen molar-refractivity contribution in [2.75, 3.05) is 24.5 Å². The van der Waals surface area contributed by atoms with Gasteiger partial charge in [0.2, 0.25) is 5.91 Å². The zero-order valence-corrected chi connectivity index (χ0v) is 13.0. The number of rotatable bonds is 1. The van der Waals surface area contributed by atoms with Crippen molar-refractivity contribution < 1.29 is 18.4 Å². The molecule has 5 nitrogen and oxygen atoms in total. The van der Waals surface area contributed by atoms with Crippen LogP contribution in [-0.2, 0) is 4.79 Å². The van der Waals surface area contributed by atoms with Gasteiger partial charge in [-0.05, 0) is 38.1 Å². The highest BCUT2D eigenvalue weighted by molar-refractivity contribution is 6.05. The molecule has 0 aliphatic carbocycles. The summed E-state index contributed by atoms with van der Waals surface area (Å²) in [7, 11) is 0. The zero-order valence-electron chi connectivity index (χ0n) is 13.0. The van der Waals surface area contributed by atoms with Gasteiger partial charge in [-0.15, -0.1) is 0 Å². The third-order valence-electron chi connectivity index (χ3n) is 4.10. The number of nitrogens with one attached hydrogen (secondary N) is 2. The van der Waals surface area contributed by atoms with E-state index >= 15 is 0 Å². The Morgan fingerprint density at radius 3 is 2.42 bits per heavy atom. The van der Waals surface area contributed by atoms with Crippen LogP contribution in [0.3, 0.4) is 0 Å². The third kappa shape index (κ3) is 3.54. The first-order chi connectivity index (χ1) is 11.5. The SMILES string of the molecule is O=C1CCN(c2c(F)cc(C#CC3CCNCC3)cc2F)C(=O)N1. The predicted octanol–water partition coefficient (Wildman–Crippen LogP) is 1.76. The van der Waals surface area contributed by atoms with Crippen molar-refractivity contribution in [3.05, 3.63) is 29.3 Å². The van der Waals surface area contributed by atoms with Gasteiger partial charge in [0.25, 0.3) is 0 Å². The van der Waals surface area contributed by atoms with Crippen molar-refractivity contribution >= 4 is 17.6 Å². The number of nitrogens with zero attached hydrogens (tertiary/aromatic N) is 1. The van der Waals surface area contributed by atoms with Gasteiger partial charge in [0.1, 0.15) is 5.69 Å². The van der Waals surface area contributed by atoms with E-state index in [-0.39, 0.29) is 24.4 Å². The normalized spacial score (nSPS) is 18.8. The maximum atomic E-state index is 14.3. The zero-order chi connectivity index (χ0) is 17.1. The Labute approximate surface area is 138 Å². The monoisotopic (exact) mass is 333 g/mol. The van der Waals surface area contributed by atoms with Crippen LogP contribution in [0.5, 0.6) is 0 Å². The van der Waals surface area contributed by atoms with Gasteiger partial charge < -0.3 is 5.32 Å². The Kier molecular flexibility index (Phi) is 4.76. The quantitative estimate of drug-likeness (QED) is 0.770. The molecule has 0 radical (unpaired) electrons. The van der Waals surface area contributed by atoms with Gasteiger partial charge in [0.05, 0.1) is 0 Å². The molecule has 2 saturated heterocycles. The molecular formula is C17H17F2N3O2. The summed E-state index contributed by atoms with van der Waals surface area (Å²) in [6.45, 7) is 1.73. The highest BCUT2D eigenvalue weighted by Gasteiger charge is 2.29. The molecule has 1 aromatic carbocycles. The molecule has 0 aromatic heterocycles. The van der Waals surface area contributed by atoms with Gasteiger partial charge in [-0.1, -0.05) is 11.8 Å². The van der Waals surface area contributed by atoms with E-state index in [0.29, 0.717) is 0 Å². The number of piperidine rings is 1. The lowest BCUT2D eigenvalue weighted by Gasteiger charge is -2.27. The molecule has 2 aliphatic rings. The Bertz CT molecular complexity index is 710. The van der Waals surface area contributed by atoms with Crippen LogP contribution < -0.4 is 15.5 Å². The number of anilines is 1. The van der Waals surface area contributed by atoms with Gasteiger partial charge in [-0.2, -0.15) is 0 Å². The van der Waals surface area contributed by atoms with Crippen LogP contribution in [0.25, 0.3) is 0 Å². The summed E-state index contributed by atoms with van der Waals surface area (Å²) in [5.74, 6) is 3.89. The number of imide groups is 1. The molecule has 3 rings (SSSR count). The van der Waals surface area contributed by atoms with Crippen LogP contribution in [0, 0.1) is 29.4 Å². The lowest BCUT2D eigenvalue weighted by atomic mass is 9.98. The molecule has 0 bridgehead atoms. The molecule has 1 aromatic rings. The first-order valence-electron chi connectivity index (χ1n) is 7.87. The molecule has 2 fully saturated rings. The third-order valence-corrected chi connectivity index (χ3v) is 4.10.